The topological polar surface area (TPSA) is 32.3 Å². The average Bonchev–Trinajstić information content (AvgIpc) is 3.41. The van der Waals surface area contributed by atoms with E-state index in [1.165, 1.54) is 36.9 Å². The summed E-state index contributed by atoms with van der Waals surface area (Å²) in [7, 11) is 0. The molecule has 0 unspecified atom stereocenters. The van der Waals surface area contributed by atoms with Crippen molar-refractivity contribution in [3.8, 4) is 0 Å². The van der Waals surface area contributed by atoms with Crippen LogP contribution in [0.25, 0.3) is 0 Å². The minimum absolute atomic E-state index is 0. The molecule has 0 atom stereocenters. The predicted molar refractivity (Wildman–Crippen MR) is 91.9 cm³/mol. The highest BCUT2D eigenvalue weighted by Crippen LogP contribution is 2.35. The second-order valence-electron chi connectivity index (χ2n) is 6.96. The molecular formula is C18H25ClN2O. The molecule has 1 N–H and O–H groups in total. The molecule has 2 aliphatic carbocycles. The summed E-state index contributed by atoms with van der Waals surface area (Å²) in [4.78, 5) is 15.2. The third kappa shape index (κ3) is 3.40. The second kappa shape index (κ2) is 6.49. The third-order valence-corrected chi connectivity index (χ3v) is 4.96. The highest BCUT2D eigenvalue weighted by molar-refractivity contribution is 5.97. The minimum Gasteiger partial charge on any atom is -0.385 e. The van der Waals surface area contributed by atoms with Crippen LogP contribution in [0.3, 0.4) is 0 Å². The minimum atomic E-state index is 0. The number of rotatable bonds is 5. The van der Waals surface area contributed by atoms with E-state index in [-0.39, 0.29) is 18.3 Å². The second-order valence-corrected chi connectivity index (χ2v) is 6.96. The zero-order valence-electron chi connectivity index (χ0n) is 13.0. The molecule has 1 heterocycles. The van der Waals surface area contributed by atoms with Gasteiger partial charge in [-0.1, -0.05) is 6.07 Å². The molecule has 0 bridgehead atoms. The van der Waals surface area contributed by atoms with Crippen molar-refractivity contribution in [2.24, 2.45) is 11.8 Å². The summed E-state index contributed by atoms with van der Waals surface area (Å²) in [6.07, 6.45) is 7.39. The maximum Gasteiger partial charge on any atom is 0.254 e. The van der Waals surface area contributed by atoms with E-state index in [1.54, 1.807) is 0 Å². The van der Waals surface area contributed by atoms with Crippen LogP contribution >= 0.6 is 12.4 Å². The summed E-state index contributed by atoms with van der Waals surface area (Å²) in [6.45, 7) is 2.98. The highest BCUT2D eigenvalue weighted by Gasteiger charge is 2.32. The van der Waals surface area contributed by atoms with Gasteiger partial charge in [-0.25, -0.2) is 0 Å². The number of amides is 1. The molecule has 0 radical (unpaired) electrons. The van der Waals surface area contributed by atoms with Crippen LogP contribution in [0, 0.1) is 11.8 Å². The zero-order chi connectivity index (χ0) is 14.2. The van der Waals surface area contributed by atoms with Gasteiger partial charge in [-0.15, -0.1) is 12.4 Å². The van der Waals surface area contributed by atoms with Gasteiger partial charge >= 0.3 is 0 Å². The lowest BCUT2D eigenvalue weighted by atomic mass is 9.96. The van der Waals surface area contributed by atoms with Crippen molar-refractivity contribution in [2.75, 3.05) is 25.0 Å². The van der Waals surface area contributed by atoms with E-state index in [0.29, 0.717) is 0 Å². The van der Waals surface area contributed by atoms with Crippen molar-refractivity contribution in [3.05, 3.63) is 29.3 Å². The largest absolute Gasteiger partial charge is 0.385 e. The van der Waals surface area contributed by atoms with Gasteiger partial charge < -0.3 is 10.2 Å². The smallest absolute Gasteiger partial charge is 0.254 e. The van der Waals surface area contributed by atoms with Gasteiger partial charge in [-0.3, -0.25) is 4.79 Å². The number of hydrogen-bond acceptors (Lipinski definition) is 2. The molecule has 0 saturated heterocycles. The van der Waals surface area contributed by atoms with Crippen molar-refractivity contribution >= 4 is 24.0 Å². The number of nitrogens with one attached hydrogen (secondary N) is 1. The molecule has 120 valence electrons. The monoisotopic (exact) mass is 320 g/mol. The Morgan fingerprint density at radius 3 is 2.45 bits per heavy atom. The number of benzene rings is 1. The van der Waals surface area contributed by atoms with E-state index < -0.39 is 0 Å². The van der Waals surface area contributed by atoms with Crippen molar-refractivity contribution in [3.63, 3.8) is 0 Å². The Bertz CT molecular complexity index is 538. The Hall–Kier alpha value is -1.22. The molecule has 1 aromatic carbocycles. The van der Waals surface area contributed by atoms with Crippen LogP contribution in [-0.2, 0) is 6.42 Å². The molecule has 4 rings (SSSR count). The average molecular weight is 321 g/mol. The van der Waals surface area contributed by atoms with Crippen LogP contribution in [0.5, 0.6) is 0 Å². The number of fused-ring (bicyclic) bond motifs is 1. The molecule has 1 amide bonds. The van der Waals surface area contributed by atoms with Gasteiger partial charge in [0.2, 0.25) is 0 Å². The lowest BCUT2D eigenvalue weighted by molar-refractivity contribution is 0.0738. The first-order valence-corrected chi connectivity index (χ1v) is 8.46. The summed E-state index contributed by atoms with van der Waals surface area (Å²) in [5, 5.41) is 3.43. The fourth-order valence-electron chi connectivity index (χ4n) is 3.35. The van der Waals surface area contributed by atoms with Crippen LogP contribution in [0.15, 0.2) is 18.2 Å². The molecule has 2 fully saturated rings. The Kier molecular flexibility index (Phi) is 4.62. The quantitative estimate of drug-likeness (QED) is 0.896. The van der Waals surface area contributed by atoms with Gasteiger partial charge in [0.05, 0.1) is 0 Å². The maximum absolute atomic E-state index is 13.0. The molecule has 1 aromatic rings. The van der Waals surface area contributed by atoms with Crippen LogP contribution in [0.1, 0.15) is 48.0 Å². The number of hydrogen-bond donors (Lipinski definition) is 1. The summed E-state index contributed by atoms with van der Waals surface area (Å²) in [6, 6.07) is 6.16. The van der Waals surface area contributed by atoms with Gasteiger partial charge in [0.15, 0.2) is 0 Å². The first kappa shape index (κ1) is 15.7. The number of carbonyl (C=O) groups excluding carboxylic acids is 1. The molecule has 1 aliphatic heterocycles. The van der Waals surface area contributed by atoms with Crippen LogP contribution < -0.4 is 5.32 Å². The van der Waals surface area contributed by atoms with Crippen LogP contribution in [0.4, 0.5) is 5.69 Å². The predicted octanol–water partition coefficient (Wildman–Crippen LogP) is 3.73. The van der Waals surface area contributed by atoms with Crippen molar-refractivity contribution in [1.29, 1.82) is 0 Å². The normalized spacial score (nSPS) is 19.6. The lowest BCUT2D eigenvalue weighted by Gasteiger charge is -2.26. The molecule has 4 heteroatoms. The molecule has 0 aromatic heterocycles. The Morgan fingerprint density at radius 1 is 1.14 bits per heavy atom. The SMILES string of the molecule is Cl.O=C(c1cccc2c1CCCN2)N(CC1CC1)CC1CC1. The van der Waals surface area contributed by atoms with Crippen LogP contribution in [0.2, 0.25) is 0 Å². The molecule has 3 aliphatic rings. The molecular weight excluding hydrogens is 296 g/mol. The summed E-state index contributed by atoms with van der Waals surface area (Å²) in [5.41, 5.74) is 3.36. The first-order chi connectivity index (χ1) is 10.3. The van der Waals surface area contributed by atoms with Crippen molar-refractivity contribution < 1.29 is 4.79 Å². The van der Waals surface area contributed by atoms with Gasteiger partial charge in [0, 0.05) is 30.9 Å². The summed E-state index contributed by atoms with van der Waals surface area (Å²) >= 11 is 0. The fourth-order valence-corrected chi connectivity index (χ4v) is 3.35. The van der Waals surface area contributed by atoms with Gasteiger partial charge in [-0.2, -0.15) is 0 Å². The van der Waals surface area contributed by atoms with E-state index in [9.17, 15) is 4.79 Å². The van der Waals surface area contributed by atoms with Gasteiger partial charge in [-0.05, 0) is 68.1 Å². The number of nitrogens with zero attached hydrogens (tertiary/aromatic N) is 1. The highest BCUT2D eigenvalue weighted by atomic mass is 35.5. The Labute approximate surface area is 138 Å². The van der Waals surface area contributed by atoms with Crippen molar-refractivity contribution in [2.45, 2.75) is 38.5 Å². The molecule has 0 spiro atoms. The summed E-state index contributed by atoms with van der Waals surface area (Å²) in [5.74, 6) is 1.81. The number of anilines is 1. The van der Waals surface area contributed by atoms with E-state index in [0.717, 1.165) is 49.9 Å². The molecule has 3 nitrogen and oxygen atoms in total. The fraction of sp³-hybridized carbons (Fsp3) is 0.611. The Morgan fingerprint density at radius 2 is 1.82 bits per heavy atom. The van der Waals surface area contributed by atoms with E-state index >= 15 is 0 Å². The van der Waals surface area contributed by atoms with Gasteiger partial charge in [0.25, 0.3) is 5.91 Å². The standard InChI is InChI=1S/C18H24N2O.ClH/c21-18(20(11-13-6-7-13)12-14-8-9-14)16-3-1-5-17-15(16)4-2-10-19-17;/h1,3,5,13-14,19H,2,4,6-12H2;1H. The van der Waals surface area contributed by atoms with E-state index in [1.807, 2.05) is 12.1 Å². The zero-order valence-corrected chi connectivity index (χ0v) is 13.8. The molecule has 2 saturated carbocycles. The first-order valence-electron chi connectivity index (χ1n) is 8.46. The maximum atomic E-state index is 13.0. The Balaban J connectivity index is 0.00000144. The van der Waals surface area contributed by atoms with Crippen molar-refractivity contribution in [1.82, 2.24) is 4.90 Å². The van der Waals surface area contributed by atoms with Crippen LogP contribution in [-0.4, -0.2) is 30.4 Å². The number of carbonyl (C=O) groups is 1. The number of halogens is 1. The third-order valence-electron chi connectivity index (χ3n) is 4.96. The summed E-state index contributed by atoms with van der Waals surface area (Å²) < 4.78 is 0. The van der Waals surface area contributed by atoms with E-state index in [2.05, 4.69) is 16.3 Å². The lowest BCUT2D eigenvalue weighted by Crippen LogP contribution is -2.35. The van der Waals surface area contributed by atoms with Gasteiger partial charge in [0.1, 0.15) is 0 Å². The molecule has 22 heavy (non-hydrogen) atoms. The van der Waals surface area contributed by atoms with E-state index in [4.69, 9.17) is 0 Å².